The number of unbranched alkanes of at least 4 members (excludes halogenated alkanes) is 1. The number of likely N-dealkylation sites (N-methyl/N-ethyl adjacent to an activating group) is 1. The molecule has 1 aromatic rings. The molecule has 1 rings (SSSR count). The first-order valence-electron chi connectivity index (χ1n) is 5.75. The maximum absolute atomic E-state index is 10.0. The van der Waals surface area contributed by atoms with E-state index >= 15 is 0 Å². The van der Waals surface area contributed by atoms with E-state index in [4.69, 9.17) is 11.6 Å². The first-order valence-corrected chi connectivity index (χ1v) is 6.13. The summed E-state index contributed by atoms with van der Waals surface area (Å²) in [5.41, 5.74) is 0.885. The van der Waals surface area contributed by atoms with Gasteiger partial charge in [-0.1, -0.05) is 37.1 Å². The van der Waals surface area contributed by atoms with Crippen molar-refractivity contribution in [2.75, 3.05) is 20.1 Å². The van der Waals surface area contributed by atoms with E-state index in [2.05, 4.69) is 11.8 Å². The predicted octanol–water partition coefficient (Wildman–Crippen LogP) is 3.11. The summed E-state index contributed by atoms with van der Waals surface area (Å²) in [7, 11) is 2.03. The van der Waals surface area contributed by atoms with Gasteiger partial charge in [0.15, 0.2) is 0 Å². The van der Waals surface area contributed by atoms with E-state index in [9.17, 15) is 5.11 Å². The monoisotopic (exact) mass is 241 g/mol. The maximum atomic E-state index is 10.0. The zero-order chi connectivity index (χ0) is 12.0. The van der Waals surface area contributed by atoms with Gasteiger partial charge in [-0.05, 0) is 37.7 Å². The summed E-state index contributed by atoms with van der Waals surface area (Å²) in [5.74, 6) is 0. The molecular formula is C13H20ClNO. The van der Waals surface area contributed by atoms with Gasteiger partial charge in [-0.15, -0.1) is 0 Å². The van der Waals surface area contributed by atoms with Crippen LogP contribution in [0.3, 0.4) is 0 Å². The van der Waals surface area contributed by atoms with E-state index in [1.807, 2.05) is 31.3 Å². The number of hydrogen-bond donors (Lipinski definition) is 1. The molecule has 90 valence electrons. The van der Waals surface area contributed by atoms with Crippen molar-refractivity contribution < 1.29 is 5.11 Å². The molecule has 0 heterocycles. The summed E-state index contributed by atoms with van der Waals surface area (Å²) in [5, 5.41) is 10.7. The Kier molecular flexibility index (Phi) is 5.81. The van der Waals surface area contributed by atoms with Gasteiger partial charge in [0.2, 0.25) is 0 Å². The number of aliphatic hydroxyl groups is 1. The second-order valence-electron chi connectivity index (χ2n) is 4.19. The third kappa shape index (κ3) is 4.52. The lowest BCUT2D eigenvalue weighted by Crippen LogP contribution is -2.25. The van der Waals surface area contributed by atoms with Crippen LogP contribution < -0.4 is 0 Å². The maximum Gasteiger partial charge on any atom is 0.0917 e. The smallest absolute Gasteiger partial charge is 0.0917 e. The lowest BCUT2D eigenvalue weighted by molar-refractivity contribution is 0.126. The highest BCUT2D eigenvalue weighted by Gasteiger charge is 2.10. The summed E-state index contributed by atoms with van der Waals surface area (Å²) >= 11 is 5.88. The third-order valence-electron chi connectivity index (χ3n) is 2.61. The second kappa shape index (κ2) is 6.89. The minimum Gasteiger partial charge on any atom is -0.387 e. The van der Waals surface area contributed by atoms with Crippen LogP contribution in [0.2, 0.25) is 5.02 Å². The topological polar surface area (TPSA) is 23.5 Å². The molecule has 0 spiro atoms. The van der Waals surface area contributed by atoms with Gasteiger partial charge in [-0.25, -0.2) is 0 Å². The zero-order valence-corrected chi connectivity index (χ0v) is 10.7. The molecule has 0 aliphatic carbocycles. The second-order valence-corrected chi connectivity index (χ2v) is 4.62. The third-order valence-corrected chi connectivity index (χ3v) is 2.85. The Morgan fingerprint density at radius 1 is 1.44 bits per heavy atom. The molecule has 0 bridgehead atoms. The zero-order valence-electron chi connectivity index (χ0n) is 9.99. The van der Waals surface area contributed by atoms with Crippen LogP contribution in [0, 0.1) is 0 Å². The van der Waals surface area contributed by atoms with Crippen molar-refractivity contribution in [1.82, 2.24) is 4.90 Å². The fraction of sp³-hybridized carbons (Fsp3) is 0.538. The number of nitrogens with zero attached hydrogens (tertiary/aromatic N) is 1. The Morgan fingerprint density at radius 3 is 2.81 bits per heavy atom. The largest absolute Gasteiger partial charge is 0.387 e. The summed E-state index contributed by atoms with van der Waals surface area (Å²) in [6.07, 6.45) is 1.89. The summed E-state index contributed by atoms with van der Waals surface area (Å²) in [6, 6.07) is 7.41. The average molecular weight is 242 g/mol. The molecule has 16 heavy (non-hydrogen) atoms. The Hall–Kier alpha value is -0.570. The van der Waals surface area contributed by atoms with Gasteiger partial charge >= 0.3 is 0 Å². The standard InChI is InChI=1S/C13H20ClNO/c1-3-4-8-15(2)10-13(16)11-6-5-7-12(14)9-11/h5-7,9,13,16H,3-4,8,10H2,1-2H3. The van der Waals surface area contributed by atoms with Crippen molar-refractivity contribution in [2.45, 2.75) is 25.9 Å². The Bertz CT molecular complexity index is 317. The van der Waals surface area contributed by atoms with Crippen LogP contribution in [0.4, 0.5) is 0 Å². The van der Waals surface area contributed by atoms with E-state index in [1.165, 1.54) is 12.8 Å². The minimum absolute atomic E-state index is 0.458. The van der Waals surface area contributed by atoms with Gasteiger partial charge in [-0.3, -0.25) is 0 Å². The normalized spacial score (nSPS) is 13.1. The molecule has 1 N–H and O–H groups in total. The SMILES string of the molecule is CCCCN(C)CC(O)c1cccc(Cl)c1. The summed E-state index contributed by atoms with van der Waals surface area (Å²) in [6.45, 7) is 3.84. The molecule has 2 nitrogen and oxygen atoms in total. The molecule has 0 aliphatic heterocycles. The number of benzene rings is 1. The van der Waals surface area contributed by atoms with Crippen molar-refractivity contribution >= 4 is 11.6 Å². The van der Waals surface area contributed by atoms with E-state index in [1.54, 1.807) is 0 Å². The fourth-order valence-corrected chi connectivity index (χ4v) is 1.83. The van der Waals surface area contributed by atoms with Crippen LogP contribution in [0.5, 0.6) is 0 Å². The molecule has 0 fully saturated rings. The molecule has 0 amide bonds. The van der Waals surface area contributed by atoms with Crippen molar-refractivity contribution in [3.8, 4) is 0 Å². The number of halogens is 1. The van der Waals surface area contributed by atoms with E-state index in [0.717, 1.165) is 12.1 Å². The van der Waals surface area contributed by atoms with E-state index in [0.29, 0.717) is 11.6 Å². The van der Waals surface area contributed by atoms with Crippen molar-refractivity contribution in [3.05, 3.63) is 34.9 Å². The highest BCUT2D eigenvalue weighted by atomic mass is 35.5. The molecule has 0 saturated heterocycles. The van der Waals surface area contributed by atoms with Crippen molar-refractivity contribution in [1.29, 1.82) is 0 Å². The Balaban J connectivity index is 2.48. The molecule has 0 aromatic heterocycles. The first-order chi connectivity index (χ1) is 7.63. The first kappa shape index (κ1) is 13.5. The molecule has 1 aromatic carbocycles. The number of aliphatic hydroxyl groups excluding tert-OH is 1. The molecule has 1 unspecified atom stereocenters. The number of hydrogen-bond acceptors (Lipinski definition) is 2. The van der Waals surface area contributed by atoms with Gasteiger partial charge < -0.3 is 10.0 Å². The van der Waals surface area contributed by atoms with Crippen LogP contribution in [0.15, 0.2) is 24.3 Å². The van der Waals surface area contributed by atoms with Crippen LogP contribution in [-0.4, -0.2) is 30.1 Å². The number of rotatable bonds is 6. The van der Waals surface area contributed by atoms with Crippen LogP contribution >= 0.6 is 11.6 Å². The van der Waals surface area contributed by atoms with Crippen LogP contribution in [0.1, 0.15) is 31.4 Å². The molecule has 0 radical (unpaired) electrons. The Labute approximate surface area is 103 Å². The van der Waals surface area contributed by atoms with Crippen molar-refractivity contribution in [2.24, 2.45) is 0 Å². The lowest BCUT2D eigenvalue weighted by atomic mass is 10.1. The van der Waals surface area contributed by atoms with E-state index in [-0.39, 0.29) is 0 Å². The molecule has 1 atom stereocenters. The van der Waals surface area contributed by atoms with E-state index < -0.39 is 6.10 Å². The Morgan fingerprint density at radius 2 is 2.19 bits per heavy atom. The van der Waals surface area contributed by atoms with Crippen molar-refractivity contribution in [3.63, 3.8) is 0 Å². The fourth-order valence-electron chi connectivity index (χ4n) is 1.63. The van der Waals surface area contributed by atoms with Gasteiger partial charge in [0.05, 0.1) is 6.10 Å². The molecular weight excluding hydrogens is 222 g/mol. The molecule has 0 saturated carbocycles. The van der Waals surface area contributed by atoms with Gasteiger partial charge in [-0.2, -0.15) is 0 Å². The quantitative estimate of drug-likeness (QED) is 0.827. The molecule has 3 heteroatoms. The van der Waals surface area contributed by atoms with Gasteiger partial charge in [0.1, 0.15) is 0 Å². The predicted molar refractivity (Wildman–Crippen MR) is 68.8 cm³/mol. The minimum atomic E-state index is -0.458. The lowest BCUT2D eigenvalue weighted by Gasteiger charge is -2.20. The highest BCUT2D eigenvalue weighted by molar-refractivity contribution is 6.30. The highest BCUT2D eigenvalue weighted by Crippen LogP contribution is 2.18. The summed E-state index contributed by atoms with van der Waals surface area (Å²) < 4.78 is 0. The van der Waals surface area contributed by atoms with Crippen LogP contribution in [-0.2, 0) is 0 Å². The average Bonchev–Trinajstić information content (AvgIpc) is 2.26. The summed E-state index contributed by atoms with van der Waals surface area (Å²) in [4.78, 5) is 2.15. The van der Waals surface area contributed by atoms with Crippen LogP contribution in [0.25, 0.3) is 0 Å². The molecule has 0 aliphatic rings. The van der Waals surface area contributed by atoms with Gasteiger partial charge in [0.25, 0.3) is 0 Å². The van der Waals surface area contributed by atoms with Gasteiger partial charge in [0, 0.05) is 11.6 Å².